The average Bonchev–Trinajstić information content (AvgIpc) is 2.49. The van der Waals surface area contributed by atoms with Crippen LogP contribution < -0.4 is 10.1 Å². The summed E-state index contributed by atoms with van der Waals surface area (Å²) in [5, 5.41) is 4.09. The van der Waals surface area contributed by atoms with Crippen molar-refractivity contribution in [3.8, 4) is 11.5 Å². The van der Waals surface area contributed by atoms with Gasteiger partial charge in [0.1, 0.15) is 11.5 Å². The van der Waals surface area contributed by atoms with Crippen molar-refractivity contribution in [3.63, 3.8) is 0 Å². The second kappa shape index (κ2) is 7.48. The van der Waals surface area contributed by atoms with Gasteiger partial charge >= 0.3 is 0 Å². The van der Waals surface area contributed by atoms with Crippen LogP contribution in [0.3, 0.4) is 0 Å². The van der Waals surface area contributed by atoms with Gasteiger partial charge in [-0.25, -0.2) is 0 Å². The van der Waals surface area contributed by atoms with Crippen molar-refractivity contribution in [3.05, 3.63) is 58.6 Å². The maximum absolute atomic E-state index is 6.36. The lowest BCUT2D eigenvalue weighted by atomic mass is 10.1. The first kappa shape index (κ1) is 15.9. The zero-order valence-electron chi connectivity index (χ0n) is 12.8. The molecule has 0 saturated carbocycles. The van der Waals surface area contributed by atoms with E-state index in [1.54, 1.807) is 0 Å². The quantitative estimate of drug-likeness (QED) is 0.760. The molecule has 0 aromatic heterocycles. The number of ether oxygens (including phenoxy) is 1. The van der Waals surface area contributed by atoms with Gasteiger partial charge in [-0.2, -0.15) is 0 Å². The molecule has 1 atom stereocenters. The van der Waals surface area contributed by atoms with Gasteiger partial charge in [0.05, 0.1) is 5.02 Å². The number of hydrogen-bond acceptors (Lipinski definition) is 2. The normalized spacial score (nSPS) is 12.2. The van der Waals surface area contributed by atoms with Crippen LogP contribution in [0.15, 0.2) is 42.5 Å². The number of para-hydroxylation sites is 1. The standard InChI is InChI=1S/C18H22ClNO/c1-4-11-20-14(3)15-9-10-18(16(19)12-15)21-17-8-6-5-7-13(17)2/h5-10,12,14,20H,4,11H2,1-3H3. The lowest BCUT2D eigenvalue weighted by molar-refractivity contribution is 0.478. The molecule has 0 aliphatic carbocycles. The predicted molar refractivity (Wildman–Crippen MR) is 89.4 cm³/mol. The first-order valence-electron chi connectivity index (χ1n) is 7.38. The number of halogens is 1. The molecule has 0 spiro atoms. The highest BCUT2D eigenvalue weighted by molar-refractivity contribution is 6.32. The van der Waals surface area contributed by atoms with Gasteiger partial charge in [-0.15, -0.1) is 0 Å². The van der Waals surface area contributed by atoms with Crippen LogP contribution in [0.5, 0.6) is 11.5 Å². The Morgan fingerprint density at radius 2 is 1.90 bits per heavy atom. The summed E-state index contributed by atoms with van der Waals surface area (Å²) < 4.78 is 5.90. The summed E-state index contributed by atoms with van der Waals surface area (Å²) in [6, 6.07) is 14.2. The Balaban J connectivity index is 2.14. The largest absolute Gasteiger partial charge is 0.456 e. The van der Waals surface area contributed by atoms with E-state index in [-0.39, 0.29) is 6.04 Å². The monoisotopic (exact) mass is 303 g/mol. The number of nitrogens with one attached hydrogen (secondary N) is 1. The van der Waals surface area contributed by atoms with E-state index >= 15 is 0 Å². The van der Waals surface area contributed by atoms with E-state index in [0.717, 1.165) is 24.3 Å². The van der Waals surface area contributed by atoms with Gasteiger partial charge in [-0.3, -0.25) is 0 Å². The van der Waals surface area contributed by atoms with E-state index in [4.69, 9.17) is 16.3 Å². The van der Waals surface area contributed by atoms with Gasteiger partial charge < -0.3 is 10.1 Å². The van der Waals surface area contributed by atoms with Crippen molar-refractivity contribution in [1.29, 1.82) is 0 Å². The molecule has 0 amide bonds. The molecular formula is C18H22ClNO. The molecule has 2 rings (SSSR count). The van der Waals surface area contributed by atoms with Crippen molar-refractivity contribution >= 4 is 11.6 Å². The molecule has 112 valence electrons. The Morgan fingerprint density at radius 1 is 1.14 bits per heavy atom. The van der Waals surface area contributed by atoms with Crippen molar-refractivity contribution in [2.75, 3.05) is 6.54 Å². The van der Waals surface area contributed by atoms with E-state index in [1.165, 1.54) is 5.56 Å². The first-order chi connectivity index (χ1) is 10.1. The van der Waals surface area contributed by atoms with Crippen LogP contribution in [0, 0.1) is 6.92 Å². The van der Waals surface area contributed by atoms with Crippen molar-refractivity contribution < 1.29 is 4.74 Å². The van der Waals surface area contributed by atoms with Crippen LogP contribution in [-0.2, 0) is 0 Å². The summed E-state index contributed by atoms with van der Waals surface area (Å²) in [7, 11) is 0. The van der Waals surface area contributed by atoms with Gasteiger partial charge in [0.2, 0.25) is 0 Å². The third kappa shape index (κ3) is 4.23. The van der Waals surface area contributed by atoms with Gasteiger partial charge in [0.25, 0.3) is 0 Å². The molecule has 3 heteroatoms. The molecular weight excluding hydrogens is 282 g/mol. The number of hydrogen-bond donors (Lipinski definition) is 1. The Bertz CT molecular complexity index is 598. The second-order valence-electron chi connectivity index (χ2n) is 5.23. The molecule has 1 unspecified atom stereocenters. The van der Waals surface area contributed by atoms with Crippen LogP contribution in [-0.4, -0.2) is 6.54 Å². The minimum atomic E-state index is 0.287. The van der Waals surface area contributed by atoms with Crippen LogP contribution in [0.1, 0.15) is 37.4 Å². The van der Waals surface area contributed by atoms with Gasteiger partial charge in [-0.05, 0) is 56.1 Å². The second-order valence-corrected chi connectivity index (χ2v) is 5.64. The number of benzene rings is 2. The van der Waals surface area contributed by atoms with Crippen LogP contribution in [0.4, 0.5) is 0 Å². The Kier molecular flexibility index (Phi) is 5.66. The molecule has 0 radical (unpaired) electrons. The smallest absolute Gasteiger partial charge is 0.146 e. The molecule has 2 aromatic rings. The SMILES string of the molecule is CCCNC(C)c1ccc(Oc2ccccc2C)c(Cl)c1. The van der Waals surface area contributed by atoms with Gasteiger partial charge in [0, 0.05) is 6.04 Å². The lowest BCUT2D eigenvalue weighted by Gasteiger charge is -2.16. The topological polar surface area (TPSA) is 21.3 Å². The summed E-state index contributed by atoms with van der Waals surface area (Å²) in [6.07, 6.45) is 1.12. The molecule has 0 aliphatic rings. The zero-order chi connectivity index (χ0) is 15.2. The molecule has 0 bridgehead atoms. The molecule has 0 heterocycles. The highest BCUT2D eigenvalue weighted by Gasteiger charge is 2.09. The molecule has 0 fully saturated rings. The fraction of sp³-hybridized carbons (Fsp3) is 0.333. The van der Waals surface area contributed by atoms with Crippen molar-refractivity contribution in [2.24, 2.45) is 0 Å². The highest BCUT2D eigenvalue weighted by Crippen LogP contribution is 2.32. The Morgan fingerprint density at radius 3 is 2.57 bits per heavy atom. The number of aryl methyl sites for hydroxylation is 1. The number of rotatable bonds is 6. The van der Waals surface area contributed by atoms with Gasteiger partial charge in [-0.1, -0.05) is 42.8 Å². The molecule has 2 nitrogen and oxygen atoms in total. The average molecular weight is 304 g/mol. The van der Waals surface area contributed by atoms with E-state index in [9.17, 15) is 0 Å². The molecule has 0 aliphatic heterocycles. The maximum atomic E-state index is 6.36. The van der Waals surface area contributed by atoms with Crippen LogP contribution in [0.25, 0.3) is 0 Å². The Labute approximate surface area is 132 Å². The summed E-state index contributed by atoms with van der Waals surface area (Å²) in [4.78, 5) is 0. The molecule has 0 saturated heterocycles. The fourth-order valence-corrected chi connectivity index (χ4v) is 2.36. The highest BCUT2D eigenvalue weighted by atomic mass is 35.5. The van der Waals surface area contributed by atoms with Crippen LogP contribution >= 0.6 is 11.6 Å². The third-order valence-corrected chi connectivity index (χ3v) is 3.77. The first-order valence-corrected chi connectivity index (χ1v) is 7.76. The van der Waals surface area contributed by atoms with E-state index in [1.807, 2.05) is 43.3 Å². The lowest BCUT2D eigenvalue weighted by Crippen LogP contribution is -2.19. The molecule has 1 N–H and O–H groups in total. The van der Waals surface area contributed by atoms with Crippen LogP contribution in [0.2, 0.25) is 5.02 Å². The summed E-state index contributed by atoms with van der Waals surface area (Å²) in [6.45, 7) is 7.32. The molecule has 21 heavy (non-hydrogen) atoms. The predicted octanol–water partition coefficient (Wildman–Crippen LogP) is 5.50. The van der Waals surface area contributed by atoms with E-state index in [2.05, 4.69) is 25.2 Å². The summed E-state index contributed by atoms with van der Waals surface area (Å²) in [5.41, 5.74) is 2.27. The zero-order valence-corrected chi connectivity index (χ0v) is 13.6. The minimum Gasteiger partial charge on any atom is -0.456 e. The van der Waals surface area contributed by atoms with Gasteiger partial charge in [0.15, 0.2) is 0 Å². The van der Waals surface area contributed by atoms with E-state index in [0.29, 0.717) is 10.8 Å². The fourth-order valence-electron chi connectivity index (χ4n) is 2.14. The maximum Gasteiger partial charge on any atom is 0.146 e. The Hall–Kier alpha value is -1.51. The third-order valence-electron chi connectivity index (χ3n) is 3.47. The molecule has 2 aromatic carbocycles. The van der Waals surface area contributed by atoms with E-state index < -0.39 is 0 Å². The summed E-state index contributed by atoms with van der Waals surface area (Å²) >= 11 is 6.36. The summed E-state index contributed by atoms with van der Waals surface area (Å²) in [5.74, 6) is 1.53. The van der Waals surface area contributed by atoms with Crippen molar-refractivity contribution in [1.82, 2.24) is 5.32 Å². The van der Waals surface area contributed by atoms with Crippen molar-refractivity contribution in [2.45, 2.75) is 33.2 Å². The minimum absolute atomic E-state index is 0.287.